The highest BCUT2D eigenvalue weighted by molar-refractivity contribution is 5.69. The normalized spacial score (nSPS) is 10.5. The van der Waals surface area contributed by atoms with Gasteiger partial charge in [0, 0.05) is 26.3 Å². The maximum atomic E-state index is 3.18. The van der Waals surface area contributed by atoms with Crippen molar-refractivity contribution in [2.75, 3.05) is 26.0 Å². The van der Waals surface area contributed by atoms with E-state index in [2.05, 4.69) is 73.7 Å². The zero-order valence-corrected chi connectivity index (χ0v) is 12.2. The molecule has 0 spiro atoms. The van der Waals surface area contributed by atoms with Crippen LogP contribution < -0.4 is 10.2 Å². The average Bonchev–Trinajstić information content (AvgIpc) is 2.39. The second-order valence-electron chi connectivity index (χ2n) is 5.12. The van der Waals surface area contributed by atoms with E-state index in [1.54, 1.807) is 0 Å². The summed E-state index contributed by atoms with van der Waals surface area (Å²) in [5.74, 6) is 0. The van der Waals surface area contributed by atoms with Crippen molar-refractivity contribution in [2.24, 2.45) is 0 Å². The summed E-state index contributed by atoms with van der Waals surface area (Å²) in [4.78, 5) is 2.12. The lowest BCUT2D eigenvalue weighted by Crippen LogP contribution is -2.08. The molecule has 0 saturated carbocycles. The molecule has 0 saturated heterocycles. The van der Waals surface area contributed by atoms with Gasteiger partial charge in [-0.15, -0.1) is 0 Å². The highest BCUT2D eigenvalue weighted by atomic mass is 15.1. The number of benzene rings is 2. The second kappa shape index (κ2) is 5.89. The number of aryl methyl sites for hydroxylation is 1. The standard InChI is InChI=1S/C17H22N2/c1-13-11-14(12-18-2)5-10-17(13)15-6-8-16(9-7-15)19(3)4/h5-11,18H,12H2,1-4H3. The van der Waals surface area contributed by atoms with Gasteiger partial charge in [-0.1, -0.05) is 30.3 Å². The molecule has 0 aliphatic carbocycles. The molecule has 0 atom stereocenters. The van der Waals surface area contributed by atoms with E-state index >= 15 is 0 Å². The summed E-state index contributed by atoms with van der Waals surface area (Å²) in [5.41, 5.74) is 6.47. The number of nitrogens with one attached hydrogen (secondary N) is 1. The van der Waals surface area contributed by atoms with Crippen molar-refractivity contribution in [1.82, 2.24) is 5.32 Å². The first-order valence-corrected chi connectivity index (χ1v) is 6.63. The van der Waals surface area contributed by atoms with E-state index in [1.165, 1.54) is 27.9 Å². The lowest BCUT2D eigenvalue weighted by atomic mass is 9.98. The van der Waals surface area contributed by atoms with Crippen molar-refractivity contribution in [3.8, 4) is 11.1 Å². The summed E-state index contributed by atoms with van der Waals surface area (Å²) >= 11 is 0. The van der Waals surface area contributed by atoms with Crippen molar-refractivity contribution >= 4 is 5.69 Å². The van der Waals surface area contributed by atoms with Gasteiger partial charge in [-0.05, 0) is 48.4 Å². The Kier molecular flexibility index (Phi) is 4.23. The van der Waals surface area contributed by atoms with Gasteiger partial charge in [0.1, 0.15) is 0 Å². The minimum atomic E-state index is 0.917. The monoisotopic (exact) mass is 254 g/mol. The van der Waals surface area contributed by atoms with E-state index in [1.807, 2.05) is 7.05 Å². The molecule has 2 rings (SSSR count). The predicted octanol–water partition coefficient (Wildman–Crippen LogP) is 3.45. The molecule has 0 fully saturated rings. The first-order valence-electron chi connectivity index (χ1n) is 6.63. The fourth-order valence-corrected chi connectivity index (χ4v) is 2.30. The third-order valence-corrected chi connectivity index (χ3v) is 3.37. The predicted molar refractivity (Wildman–Crippen MR) is 83.7 cm³/mol. The first-order chi connectivity index (χ1) is 9.11. The lowest BCUT2D eigenvalue weighted by Gasteiger charge is -2.14. The number of rotatable bonds is 4. The third kappa shape index (κ3) is 3.15. The highest BCUT2D eigenvalue weighted by Gasteiger charge is 2.03. The molecule has 0 amide bonds. The topological polar surface area (TPSA) is 15.3 Å². The largest absolute Gasteiger partial charge is 0.378 e. The second-order valence-corrected chi connectivity index (χ2v) is 5.12. The van der Waals surface area contributed by atoms with Crippen molar-refractivity contribution in [2.45, 2.75) is 13.5 Å². The summed E-state index contributed by atoms with van der Waals surface area (Å²) in [5, 5.41) is 3.18. The van der Waals surface area contributed by atoms with Crippen LogP contribution in [0.2, 0.25) is 0 Å². The Morgan fingerprint density at radius 3 is 2.21 bits per heavy atom. The Morgan fingerprint density at radius 2 is 1.68 bits per heavy atom. The summed E-state index contributed by atoms with van der Waals surface area (Å²) in [7, 11) is 6.10. The molecule has 2 nitrogen and oxygen atoms in total. The van der Waals surface area contributed by atoms with Crippen molar-refractivity contribution in [3.63, 3.8) is 0 Å². The zero-order chi connectivity index (χ0) is 13.8. The molecular weight excluding hydrogens is 232 g/mol. The van der Waals surface area contributed by atoms with Gasteiger partial charge < -0.3 is 10.2 Å². The smallest absolute Gasteiger partial charge is 0.0361 e. The van der Waals surface area contributed by atoms with Crippen molar-refractivity contribution in [3.05, 3.63) is 53.6 Å². The van der Waals surface area contributed by atoms with E-state index in [4.69, 9.17) is 0 Å². The van der Waals surface area contributed by atoms with E-state index in [9.17, 15) is 0 Å². The van der Waals surface area contributed by atoms with Crippen LogP contribution in [0.5, 0.6) is 0 Å². The maximum absolute atomic E-state index is 3.18. The maximum Gasteiger partial charge on any atom is 0.0361 e. The van der Waals surface area contributed by atoms with Crippen LogP contribution in [0.1, 0.15) is 11.1 Å². The van der Waals surface area contributed by atoms with Crippen LogP contribution >= 0.6 is 0 Å². The van der Waals surface area contributed by atoms with Crippen molar-refractivity contribution < 1.29 is 0 Å². The zero-order valence-electron chi connectivity index (χ0n) is 12.2. The van der Waals surface area contributed by atoms with E-state index in [-0.39, 0.29) is 0 Å². The third-order valence-electron chi connectivity index (χ3n) is 3.37. The summed E-state index contributed by atoms with van der Waals surface area (Å²) in [6, 6.07) is 15.4. The molecule has 0 radical (unpaired) electrons. The van der Waals surface area contributed by atoms with Gasteiger partial charge >= 0.3 is 0 Å². The van der Waals surface area contributed by atoms with Gasteiger partial charge in [0.2, 0.25) is 0 Å². The Morgan fingerprint density at radius 1 is 1.00 bits per heavy atom. The molecule has 0 heterocycles. The number of anilines is 1. The van der Waals surface area contributed by atoms with Crippen LogP contribution in [0.15, 0.2) is 42.5 Å². The highest BCUT2D eigenvalue weighted by Crippen LogP contribution is 2.26. The van der Waals surface area contributed by atoms with Gasteiger partial charge in [-0.25, -0.2) is 0 Å². The molecule has 0 bridgehead atoms. The van der Waals surface area contributed by atoms with E-state index in [0.717, 1.165) is 6.54 Å². The van der Waals surface area contributed by atoms with Gasteiger partial charge in [0.25, 0.3) is 0 Å². The number of hydrogen-bond acceptors (Lipinski definition) is 2. The molecule has 0 aromatic heterocycles. The summed E-state index contributed by atoms with van der Waals surface area (Å²) in [6.07, 6.45) is 0. The van der Waals surface area contributed by atoms with Gasteiger partial charge in [0.05, 0.1) is 0 Å². The molecule has 2 aromatic carbocycles. The van der Waals surface area contributed by atoms with Crippen LogP contribution in [0.4, 0.5) is 5.69 Å². The number of nitrogens with zero attached hydrogens (tertiary/aromatic N) is 1. The molecule has 100 valence electrons. The van der Waals surface area contributed by atoms with Crippen LogP contribution in [0, 0.1) is 6.92 Å². The van der Waals surface area contributed by atoms with E-state index in [0.29, 0.717) is 0 Å². The molecule has 1 N–H and O–H groups in total. The Bertz CT molecular complexity index is 542. The SMILES string of the molecule is CNCc1ccc(-c2ccc(N(C)C)cc2)c(C)c1. The first kappa shape index (κ1) is 13.6. The molecule has 0 aliphatic heterocycles. The minimum Gasteiger partial charge on any atom is -0.378 e. The lowest BCUT2D eigenvalue weighted by molar-refractivity contribution is 0.817. The van der Waals surface area contributed by atoms with E-state index < -0.39 is 0 Å². The number of hydrogen-bond donors (Lipinski definition) is 1. The molecule has 0 unspecified atom stereocenters. The van der Waals surface area contributed by atoms with Crippen LogP contribution in [0.3, 0.4) is 0 Å². The van der Waals surface area contributed by atoms with Gasteiger partial charge in [-0.2, -0.15) is 0 Å². The van der Waals surface area contributed by atoms with Crippen molar-refractivity contribution in [1.29, 1.82) is 0 Å². The van der Waals surface area contributed by atoms with Crippen LogP contribution in [-0.4, -0.2) is 21.1 Å². The van der Waals surface area contributed by atoms with Crippen LogP contribution in [-0.2, 0) is 6.54 Å². The molecular formula is C17H22N2. The van der Waals surface area contributed by atoms with Gasteiger partial charge in [0.15, 0.2) is 0 Å². The quantitative estimate of drug-likeness (QED) is 0.899. The average molecular weight is 254 g/mol. The summed E-state index contributed by atoms with van der Waals surface area (Å²) in [6.45, 7) is 3.09. The Balaban J connectivity index is 2.31. The molecule has 0 aliphatic rings. The Hall–Kier alpha value is -1.80. The molecule has 2 heteroatoms. The molecule has 2 aromatic rings. The summed E-state index contributed by atoms with van der Waals surface area (Å²) < 4.78 is 0. The minimum absolute atomic E-state index is 0.917. The fourth-order valence-electron chi connectivity index (χ4n) is 2.30. The molecule has 19 heavy (non-hydrogen) atoms. The fraction of sp³-hybridized carbons (Fsp3) is 0.294. The van der Waals surface area contributed by atoms with Gasteiger partial charge in [-0.3, -0.25) is 0 Å². The van der Waals surface area contributed by atoms with Crippen LogP contribution in [0.25, 0.3) is 11.1 Å². The Labute approximate surface area is 116 Å².